The SMILES string of the molecule is CC(=O)CC(=O)N1c2ccc(C(O)(Cl)C(F)(F)F)cc2CC1C(F)F. The number of nitrogens with zero attached hydrogens (tertiary/aromatic N) is 1. The fourth-order valence-electron chi connectivity index (χ4n) is 2.67. The predicted molar refractivity (Wildman–Crippen MR) is 78.5 cm³/mol. The summed E-state index contributed by atoms with van der Waals surface area (Å²) < 4.78 is 64.9. The third-order valence-corrected chi connectivity index (χ3v) is 4.25. The van der Waals surface area contributed by atoms with Gasteiger partial charge < -0.3 is 10.0 Å². The van der Waals surface area contributed by atoms with Gasteiger partial charge in [0.15, 0.2) is 0 Å². The van der Waals surface area contributed by atoms with Crippen molar-refractivity contribution < 1.29 is 36.6 Å². The molecule has 0 fully saturated rings. The number of hydrogen-bond acceptors (Lipinski definition) is 3. The van der Waals surface area contributed by atoms with E-state index in [1.165, 1.54) is 0 Å². The minimum atomic E-state index is -5.19. The Balaban J connectivity index is 2.46. The molecular weight excluding hydrogens is 373 g/mol. The Hall–Kier alpha value is -1.74. The van der Waals surface area contributed by atoms with Gasteiger partial charge in [-0.25, -0.2) is 8.78 Å². The minimum absolute atomic E-state index is 0.00280. The van der Waals surface area contributed by atoms with E-state index in [2.05, 4.69) is 0 Å². The van der Waals surface area contributed by atoms with Gasteiger partial charge >= 0.3 is 6.18 Å². The molecule has 138 valence electrons. The summed E-state index contributed by atoms with van der Waals surface area (Å²) in [7, 11) is 0. The topological polar surface area (TPSA) is 57.6 Å². The Morgan fingerprint density at radius 2 is 1.96 bits per heavy atom. The van der Waals surface area contributed by atoms with Gasteiger partial charge in [-0.05, 0) is 24.6 Å². The second kappa shape index (κ2) is 6.53. The van der Waals surface area contributed by atoms with Gasteiger partial charge in [-0.15, -0.1) is 0 Å². The molecule has 0 saturated heterocycles. The monoisotopic (exact) mass is 385 g/mol. The number of rotatable bonds is 4. The Kier molecular flexibility index (Phi) is 5.11. The van der Waals surface area contributed by atoms with Gasteiger partial charge in [0.2, 0.25) is 5.91 Å². The Morgan fingerprint density at radius 3 is 2.44 bits per heavy atom. The highest BCUT2D eigenvalue weighted by atomic mass is 35.5. The van der Waals surface area contributed by atoms with Crippen LogP contribution in [-0.4, -0.2) is 35.4 Å². The molecule has 1 N–H and O–H groups in total. The molecule has 4 nitrogen and oxygen atoms in total. The van der Waals surface area contributed by atoms with Crippen LogP contribution in [0.15, 0.2) is 18.2 Å². The molecule has 10 heteroatoms. The van der Waals surface area contributed by atoms with Crippen molar-refractivity contribution in [1.82, 2.24) is 0 Å². The lowest BCUT2D eigenvalue weighted by atomic mass is 10.0. The zero-order chi connectivity index (χ0) is 19.2. The molecule has 2 unspecified atom stereocenters. The highest BCUT2D eigenvalue weighted by Crippen LogP contribution is 2.45. The first-order valence-electron chi connectivity index (χ1n) is 7.07. The van der Waals surface area contributed by atoms with Crippen molar-refractivity contribution in [1.29, 1.82) is 0 Å². The highest BCUT2D eigenvalue weighted by Gasteiger charge is 2.54. The summed E-state index contributed by atoms with van der Waals surface area (Å²) in [6.45, 7) is 1.12. The van der Waals surface area contributed by atoms with E-state index in [0.717, 1.165) is 25.1 Å². The number of carbonyl (C=O) groups excluding carboxylic acids is 2. The molecule has 1 aliphatic heterocycles. The van der Waals surface area contributed by atoms with E-state index in [1.54, 1.807) is 0 Å². The summed E-state index contributed by atoms with van der Waals surface area (Å²) >= 11 is 5.16. The molecule has 1 aromatic rings. The number of amides is 1. The number of hydrogen-bond donors (Lipinski definition) is 1. The number of Topliss-reactive ketones (excluding diaryl/α,β-unsaturated/α-hetero) is 1. The third-order valence-electron chi connectivity index (χ3n) is 3.82. The maximum absolute atomic E-state index is 13.2. The molecule has 1 aromatic carbocycles. The van der Waals surface area contributed by atoms with E-state index in [1.807, 2.05) is 0 Å². The van der Waals surface area contributed by atoms with Crippen molar-refractivity contribution in [3.05, 3.63) is 29.3 Å². The number of halogens is 6. The summed E-state index contributed by atoms with van der Waals surface area (Å²) in [4.78, 5) is 23.9. The van der Waals surface area contributed by atoms with E-state index in [4.69, 9.17) is 11.6 Å². The largest absolute Gasteiger partial charge is 0.436 e. The first kappa shape index (κ1) is 19.6. The van der Waals surface area contributed by atoms with Crippen LogP contribution < -0.4 is 4.90 Å². The van der Waals surface area contributed by atoms with Gasteiger partial charge in [0, 0.05) is 17.7 Å². The Labute approximate surface area is 144 Å². The Morgan fingerprint density at radius 1 is 1.36 bits per heavy atom. The van der Waals surface area contributed by atoms with Crippen LogP contribution in [0.25, 0.3) is 0 Å². The second-order valence-electron chi connectivity index (χ2n) is 5.71. The summed E-state index contributed by atoms with van der Waals surface area (Å²) in [5, 5.41) is 5.81. The maximum Gasteiger partial charge on any atom is 0.436 e. The molecular formula is C15H13ClF5NO3. The Bertz CT molecular complexity index is 705. The van der Waals surface area contributed by atoms with Crippen molar-refractivity contribution in [2.45, 2.75) is 43.5 Å². The van der Waals surface area contributed by atoms with Crippen LogP contribution in [0.4, 0.5) is 27.6 Å². The summed E-state index contributed by atoms with van der Waals surface area (Å²) in [5.74, 6) is -1.41. The smallest absolute Gasteiger partial charge is 0.364 e. The van der Waals surface area contributed by atoms with E-state index in [0.29, 0.717) is 4.90 Å². The first-order chi connectivity index (χ1) is 11.4. The van der Waals surface area contributed by atoms with Crippen LogP contribution >= 0.6 is 11.6 Å². The predicted octanol–water partition coefficient (Wildman–Crippen LogP) is 3.13. The maximum atomic E-state index is 13.2. The standard InChI is InChI=1S/C15H13ClF5NO3/c1-7(23)4-12(24)22-10-3-2-9(14(16,25)15(19,20)21)5-8(10)6-11(22)13(17)18/h2-3,5,11,13,25H,4,6H2,1H3. The molecule has 0 spiro atoms. The van der Waals surface area contributed by atoms with Crippen molar-refractivity contribution in [3.8, 4) is 0 Å². The molecule has 1 aliphatic rings. The third kappa shape index (κ3) is 3.62. The van der Waals surface area contributed by atoms with Gasteiger partial charge in [-0.2, -0.15) is 13.2 Å². The zero-order valence-corrected chi connectivity index (χ0v) is 13.5. The zero-order valence-electron chi connectivity index (χ0n) is 12.8. The first-order valence-corrected chi connectivity index (χ1v) is 7.45. The molecule has 1 amide bonds. The van der Waals surface area contributed by atoms with Crippen LogP contribution in [-0.2, 0) is 21.1 Å². The fraction of sp³-hybridized carbons (Fsp3) is 0.467. The van der Waals surface area contributed by atoms with Gasteiger partial charge in [0.25, 0.3) is 11.5 Å². The lowest BCUT2D eigenvalue weighted by molar-refractivity contribution is -0.228. The van der Waals surface area contributed by atoms with Crippen LogP contribution in [0.2, 0.25) is 0 Å². The van der Waals surface area contributed by atoms with Gasteiger partial charge in [0.05, 0.1) is 6.42 Å². The van der Waals surface area contributed by atoms with Crippen LogP contribution in [0.1, 0.15) is 24.5 Å². The van der Waals surface area contributed by atoms with E-state index in [-0.39, 0.29) is 11.3 Å². The number of fused-ring (bicyclic) bond motifs is 1. The molecule has 25 heavy (non-hydrogen) atoms. The molecule has 1 heterocycles. The van der Waals surface area contributed by atoms with Crippen LogP contribution in [0.5, 0.6) is 0 Å². The fourth-order valence-corrected chi connectivity index (χ4v) is 2.79. The van der Waals surface area contributed by atoms with Gasteiger partial charge in [0.1, 0.15) is 11.8 Å². The normalized spacial score (nSPS) is 19.7. The highest BCUT2D eigenvalue weighted by molar-refractivity contribution is 6.23. The summed E-state index contributed by atoms with van der Waals surface area (Å²) in [6, 6.07) is 1.05. The summed E-state index contributed by atoms with van der Waals surface area (Å²) in [6.07, 6.45) is -9.18. The number of benzene rings is 1. The minimum Gasteiger partial charge on any atom is -0.364 e. The van der Waals surface area contributed by atoms with E-state index >= 15 is 0 Å². The molecule has 2 atom stereocenters. The molecule has 0 radical (unpaired) electrons. The molecule has 0 bridgehead atoms. The average Bonchev–Trinajstić information content (AvgIpc) is 2.83. The van der Waals surface area contributed by atoms with Gasteiger partial charge in [-0.1, -0.05) is 17.7 Å². The molecule has 0 saturated carbocycles. The quantitative estimate of drug-likeness (QED) is 0.492. The number of anilines is 1. The molecule has 0 aromatic heterocycles. The second-order valence-corrected chi connectivity index (χ2v) is 6.26. The number of carbonyl (C=O) groups is 2. The van der Waals surface area contributed by atoms with Gasteiger partial charge in [-0.3, -0.25) is 9.59 Å². The van der Waals surface area contributed by atoms with Crippen molar-refractivity contribution >= 4 is 29.0 Å². The number of aliphatic hydroxyl groups is 1. The molecule has 0 aliphatic carbocycles. The number of alkyl halides is 6. The van der Waals surface area contributed by atoms with Crippen molar-refractivity contribution in [3.63, 3.8) is 0 Å². The van der Waals surface area contributed by atoms with Crippen molar-refractivity contribution in [2.24, 2.45) is 0 Å². The molecule has 2 rings (SSSR count). The van der Waals surface area contributed by atoms with Crippen LogP contribution in [0, 0.1) is 0 Å². The van der Waals surface area contributed by atoms with Crippen molar-refractivity contribution in [2.75, 3.05) is 4.90 Å². The summed E-state index contributed by atoms with van der Waals surface area (Å²) in [5.41, 5.74) is -0.771. The van der Waals surface area contributed by atoms with E-state index in [9.17, 15) is 36.6 Å². The number of ketones is 1. The lowest BCUT2D eigenvalue weighted by Crippen LogP contribution is -2.42. The average molecular weight is 386 g/mol. The lowest BCUT2D eigenvalue weighted by Gasteiger charge is -2.26. The van der Waals surface area contributed by atoms with E-state index < -0.39 is 53.8 Å². The van der Waals surface area contributed by atoms with Crippen LogP contribution in [0.3, 0.4) is 0 Å².